The zero-order valence-electron chi connectivity index (χ0n) is 18.8. The van der Waals surface area contributed by atoms with E-state index in [0.717, 1.165) is 25.7 Å². The normalized spacial score (nSPS) is 14.3. The maximum atomic E-state index is 11.7. The Bertz CT molecular complexity index is 436. The molecule has 0 aliphatic rings. The lowest BCUT2D eigenvalue weighted by atomic mass is 10.0. The van der Waals surface area contributed by atoms with E-state index in [9.17, 15) is 18.1 Å². The molecule has 0 fully saturated rings. The summed E-state index contributed by atoms with van der Waals surface area (Å²) in [5.41, 5.74) is 0. The van der Waals surface area contributed by atoms with Gasteiger partial charge in [-0.3, -0.25) is 4.55 Å². The molecule has 0 saturated carbocycles. The van der Waals surface area contributed by atoms with Crippen LogP contribution in [0.25, 0.3) is 0 Å². The van der Waals surface area contributed by atoms with Crippen LogP contribution in [-0.2, 0) is 10.1 Å². The summed E-state index contributed by atoms with van der Waals surface area (Å²) in [6, 6.07) is 0. The minimum Gasteiger partial charge on any atom is -0.372 e. The lowest BCUT2D eigenvalue weighted by Crippen LogP contribution is -2.38. The van der Waals surface area contributed by atoms with E-state index in [1.54, 1.807) is 0 Å². The fraction of sp³-hybridized carbons (Fsp3) is 1.00. The van der Waals surface area contributed by atoms with Crippen molar-refractivity contribution in [2.75, 3.05) is 0 Å². The maximum Gasteiger partial charge on any atom is 0.294 e. The van der Waals surface area contributed by atoms with Crippen LogP contribution in [-0.4, -0.2) is 23.0 Å². The topological polar surface area (TPSA) is 74.6 Å². The molecule has 0 bridgehead atoms. The highest BCUT2D eigenvalue weighted by atomic mass is 32.2. The Hall–Kier alpha value is -0.130. The molecule has 0 aromatic carbocycles. The van der Waals surface area contributed by atoms with Gasteiger partial charge in [-0.1, -0.05) is 117 Å². The molecule has 4 nitrogen and oxygen atoms in total. The fourth-order valence-electron chi connectivity index (χ4n) is 3.81. The van der Waals surface area contributed by atoms with Gasteiger partial charge in [0.15, 0.2) is 4.93 Å². The van der Waals surface area contributed by atoms with Crippen molar-refractivity contribution in [2.24, 2.45) is 0 Å². The molecule has 0 aliphatic heterocycles. The summed E-state index contributed by atoms with van der Waals surface area (Å²) in [6.07, 6.45) is 20.7. The van der Waals surface area contributed by atoms with Crippen LogP contribution in [0.5, 0.6) is 0 Å². The van der Waals surface area contributed by atoms with Gasteiger partial charge in [0.1, 0.15) is 0 Å². The van der Waals surface area contributed by atoms with E-state index in [2.05, 4.69) is 13.8 Å². The quantitative estimate of drug-likeness (QED) is 0.150. The van der Waals surface area contributed by atoms with Crippen molar-refractivity contribution in [3.05, 3.63) is 0 Å². The molecule has 1 atom stereocenters. The van der Waals surface area contributed by atoms with E-state index in [1.165, 1.54) is 77.0 Å². The smallest absolute Gasteiger partial charge is 0.294 e. The summed E-state index contributed by atoms with van der Waals surface area (Å²) < 4.78 is 32.9. The largest absolute Gasteiger partial charge is 0.372 e. The minimum atomic E-state index is -4.42. The van der Waals surface area contributed by atoms with Gasteiger partial charge in [-0.2, -0.15) is 8.42 Å². The van der Waals surface area contributed by atoms with Gasteiger partial charge in [-0.25, -0.2) is 0 Å². The lowest BCUT2D eigenvalue weighted by Gasteiger charge is -2.24. The predicted molar refractivity (Wildman–Crippen MR) is 120 cm³/mol. The first kappa shape index (κ1) is 27.9. The highest BCUT2D eigenvalue weighted by Gasteiger charge is 2.39. The van der Waals surface area contributed by atoms with Crippen LogP contribution in [0, 0.1) is 0 Å². The Kier molecular flexibility index (Phi) is 17.6. The minimum absolute atomic E-state index is 0.151. The average molecular weight is 421 g/mol. The summed E-state index contributed by atoms with van der Waals surface area (Å²) in [4.78, 5) is -1.95. The van der Waals surface area contributed by atoms with E-state index in [4.69, 9.17) is 0 Å². The molecule has 0 radical (unpaired) electrons. The third kappa shape index (κ3) is 14.8. The summed E-state index contributed by atoms with van der Waals surface area (Å²) >= 11 is 0. The SMILES string of the molecule is CCCCCCCCCCCCC(O)(CCCCCCCCCC)S(=O)(=O)O. The monoisotopic (exact) mass is 420 g/mol. The first-order valence-electron chi connectivity index (χ1n) is 12.1. The lowest BCUT2D eigenvalue weighted by molar-refractivity contribution is 0.0884. The second-order valence-corrected chi connectivity index (χ2v) is 10.3. The highest BCUT2D eigenvalue weighted by Crippen LogP contribution is 2.28. The van der Waals surface area contributed by atoms with E-state index >= 15 is 0 Å². The van der Waals surface area contributed by atoms with Gasteiger partial charge in [0.25, 0.3) is 10.1 Å². The molecule has 0 aliphatic carbocycles. The Balaban J connectivity index is 3.88. The standard InChI is InChI=1S/C23H48O4S/c1-3-5-7-9-11-13-14-16-18-20-22-23(24,28(25,26)27)21-19-17-15-12-10-8-6-4-2/h24H,3-22H2,1-2H3,(H,25,26,27). The third-order valence-corrected chi connectivity index (χ3v) is 7.19. The van der Waals surface area contributed by atoms with E-state index in [-0.39, 0.29) is 12.8 Å². The van der Waals surface area contributed by atoms with Gasteiger partial charge >= 0.3 is 0 Å². The molecule has 0 rings (SSSR count). The molecule has 170 valence electrons. The van der Waals surface area contributed by atoms with Crippen LogP contribution >= 0.6 is 0 Å². The molecule has 0 amide bonds. The van der Waals surface area contributed by atoms with Gasteiger partial charge in [-0.05, 0) is 25.7 Å². The molecular weight excluding hydrogens is 372 g/mol. The summed E-state index contributed by atoms with van der Waals surface area (Å²) in [5, 5.41) is 10.5. The van der Waals surface area contributed by atoms with Gasteiger partial charge in [0, 0.05) is 0 Å². The Morgan fingerprint density at radius 3 is 1.04 bits per heavy atom. The molecule has 1 unspecified atom stereocenters. The van der Waals surface area contributed by atoms with Crippen molar-refractivity contribution in [3.8, 4) is 0 Å². The third-order valence-electron chi connectivity index (χ3n) is 5.82. The van der Waals surface area contributed by atoms with Gasteiger partial charge < -0.3 is 5.11 Å². The van der Waals surface area contributed by atoms with Crippen molar-refractivity contribution in [1.82, 2.24) is 0 Å². The van der Waals surface area contributed by atoms with Crippen LogP contribution < -0.4 is 0 Å². The molecule has 28 heavy (non-hydrogen) atoms. The van der Waals surface area contributed by atoms with E-state index in [0.29, 0.717) is 12.8 Å². The molecular formula is C23H48O4S. The fourth-order valence-corrected chi connectivity index (χ4v) is 4.61. The Labute approximate surface area is 175 Å². The van der Waals surface area contributed by atoms with Crippen molar-refractivity contribution >= 4 is 10.1 Å². The van der Waals surface area contributed by atoms with Crippen LogP contribution in [0.4, 0.5) is 0 Å². The van der Waals surface area contributed by atoms with Gasteiger partial charge in [0.05, 0.1) is 0 Å². The summed E-state index contributed by atoms with van der Waals surface area (Å²) in [5.74, 6) is 0. The zero-order chi connectivity index (χ0) is 21.1. The highest BCUT2D eigenvalue weighted by molar-refractivity contribution is 7.87. The first-order valence-corrected chi connectivity index (χ1v) is 13.5. The van der Waals surface area contributed by atoms with E-state index in [1.807, 2.05) is 0 Å². The predicted octanol–water partition coefficient (Wildman–Crippen LogP) is 7.40. The van der Waals surface area contributed by atoms with Crippen molar-refractivity contribution < 1.29 is 18.1 Å². The summed E-state index contributed by atoms with van der Waals surface area (Å²) in [6.45, 7) is 4.42. The molecule has 0 aromatic heterocycles. The average Bonchev–Trinajstić information content (AvgIpc) is 2.64. The van der Waals surface area contributed by atoms with Gasteiger partial charge in [0.2, 0.25) is 0 Å². The van der Waals surface area contributed by atoms with Gasteiger partial charge in [-0.15, -0.1) is 0 Å². The Morgan fingerprint density at radius 2 is 0.786 bits per heavy atom. The second kappa shape index (κ2) is 17.7. The van der Waals surface area contributed by atoms with Crippen molar-refractivity contribution in [3.63, 3.8) is 0 Å². The molecule has 2 N–H and O–H groups in total. The number of rotatable bonds is 21. The molecule has 0 aromatic rings. The first-order chi connectivity index (χ1) is 13.4. The zero-order valence-corrected chi connectivity index (χ0v) is 19.6. The number of aliphatic hydroxyl groups is 1. The van der Waals surface area contributed by atoms with Crippen molar-refractivity contribution in [2.45, 2.75) is 147 Å². The van der Waals surface area contributed by atoms with Crippen LogP contribution in [0.3, 0.4) is 0 Å². The molecule has 5 heteroatoms. The van der Waals surface area contributed by atoms with Crippen LogP contribution in [0.1, 0.15) is 142 Å². The summed E-state index contributed by atoms with van der Waals surface area (Å²) in [7, 11) is -4.42. The molecule has 0 heterocycles. The maximum absolute atomic E-state index is 11.7. The Morgan fingerprint density at radius 1 is 0.536 bits per heavy atom. The number of hydrogen-bond acceptors (Lipinski definition) is 3. The number of unbranched alkanes of at least 4 members (excludes halogenated alkanes) is 16. The second-order valence-electron chi connectivity index (χ2n) is 8.58. The molecule has 0 saturated heterocycles. The molecule has 0 spiro atoms. The van der Waals surface area contributed by atoms with E-state index < -0.39 is 15.1 Å². The van der Waals surface area contributed by atoms with Crippen molar-refractivity contribution in [1.29, 1.82) is 0 Å². The van der Waals surface area contributed by atoms with Crippen LogP contribution in [0.15, 0.2) is 0 Å². The van der Waals surface area contributed by atoms with Crippen LogP contribution in [0.2, 0.25) is 0 Å². The number of hydrogen-bond donors (Lipinski definition) is 2.